The molecule has 0 aliphatic rings. The first-order valence-electron chi connectivity index (χ1n) is 3.42. The molecular weight excluding hydrogens is 190 g/mol. The maximum absolute atomic E-state index is 10.7. The molecule has 0 aliphatic heterocycles. The largest absolute Gasteiger partial charge is 0.325 e. The fraction of sp³-hybridized carbons (Fsp3) is 0.125. The molecule has 0 bridgehead atoms. The van der Waals surface area contributed by atoms with Crippen molar-refractivity contribution in [2.45, 2.75) is 11.8 Å². The highest BCUT2D eigenvalue weighted by Crippen LogP contribution is 2.28. The minimum absolute atomic E-state index is 0.0650. The van der Waals surface area contributed by atoms with Crippen molar-refractivity contribution in [1.82, 2.24) is 0 Å². The number of benzene rings is 1. The van der Waals surface area contributed by atoms with Gasteiger partial charge in [0.25, 0.3) is 0 Å². The van der Waals surface area contributed by atoms with Gasteiger partial charge in [-0.25, -0.2) is 0 Å². The fourth-order valence-corrected chi connectivity index (χ4v) is 1.67. The molecule has 0 fully saturated rings. The SMILES string of the molecule is CC(=O)Nc1ccccc1SS. The number of nitrogens with one attached hydrogen (secondary N) is 1. The van der Waals surface area contributed by atoms with Crippen molar-refractivity contribution < 1.29 is 4.79 Å². The second kappa shape index (κ2) is 4.42. The van der Waals surface area contributed by atoms with Gasteiger partial charge in [0, 0.05) is 11.8 Å². The monoisotopic (exact) mass is 199 g/mol. The Morgan fingerprint density at radius 3 is 2.75 bits per heavy atom. The van der Waals surface area contributed by atoms with Crippen LogP contribution < -0.4 is 5.32 Å². The van der Waals surface area contributed by atoms with Crippen LogP contribution in [0.4, 0.5) is 5.69 Å². The number of hydrogen-bond acceptors (Lipinski definition) is 3. The van der Waals surface area contributed by atoms with E-state index >= 15 is 0 Å². The molecule has 0 saturated carbocycles. The topological polar surface area (TPSA) is 29.1 Å². The zero-order valence-electron chi connectivity index (χ0n) is 6.57. The van der Waals surface area contributed by atoms with Crippen LogP contribution in [0.2, 0.25) is 0 Å². The Morgan fingerprint density at radius 2 is 2.17 bits per heavy atom. The van der Waals surface area contributed by atoms with Crippen molar-refractivity contribution in [2.75, 3.05) is 5.32 Å². The predicted octanol–water partition coefficient (Wildman–Crippen LogP) is 2.58. The Bertz CT molecular complexity index is 288. The lowest BCUT2D eigenvalue weighted by molar-refractivity contribution is -0.114. The summed E-state index contributed by atoms with van der Waals surface area (Å²) in [5.41, 5.74) is 0.810. The van der Waals surface area contributed by atoms with Crippen molar-refractivity contribution in [3.05, 3.63) is 24.3 Å². The Morgan fingerprint density at radius 1 is 1.50 bits per heavy atom. The van der Waals surface area contributed by atoms with Crippen LogP contribution in [-0.4, -0.2) is 5.91 Å². The number of carbonyl (C=O) groups excluding carboxylic acids is 1. The zero-order valence-corrected chi connectivity index (χ0v) is 8.28. The lowest BCUT2D eigenvalue weighted by Crippen LogP contribution is -2.06. The Hall–Kier alpha value is -0.610. The summed E-state index contributed by atoms with van der Waals surface area (Å²) in [5.74, 6) is -0.0650. The van der Waals surface area contributed by atoms with Crippen LogP contribution >= 0.6 is 22.5 Å². The van der Waals surface area contributed by atoms with Gasteiger partial charge in [-0.1, -0.05) is 22.9 Å². The van der Waals surface area contributed by atoms with Crippen molar-refractivity contribution in [2.24, 2.45) is 0 Å². The maximum atomic E-state index is 10.7. The van der Waals surface area contributed by atoms with Gasteiger partial charge in [0.2, 0.25) is 5.91 Å². The average Bonchev–Trinajstić information content (AvgIpc) is 2.04. The van der Waals surface area contributed by atoms with Crippen molar-refractivity contribution in [3.63, 3.8) is 0 Å². The Kier molecular flexibility index (Phi) is 3.49. The molecule has 0 aromatic heterocycles. The second-order valence-corrected chi connectivity index (χ2v) is 3.44. The van der Waals surface area contributed by atoms with Gasteiger partial charge in [-0.3, -0.25) is 4.79 Å². The molecule has 4 heteroatoms. The minimum Gasteiger partial charge on any atom is -0.325 e. The van der Waals surface area contributed by atoms with E-state index in [2.05, 4.69) is 17.0 Å². The van der Waals surface area contributed by atoms with E-state index in [4.69, 9.17) is 0 Å². The first-order valence-corrected chi connectivity index (χ1v) is 5.29. The maximum Gasteiger partial charge on any atom is 0.221 e. The van der Waals surface area contributed by atoms with E-state index in [1.54, 1.807) is 0 Å². The van der Waals surface area contributed by atoms with Crippen LogP contribution in [0.1, 0.15) is 6.92 Å². The number of para-hydroxylation sites is 1. The van der Waals surface area contributed by atoms with Gasteiger partial charge in [-0.15, -0.1) is 11.7 Å². The van der Waals surface area contributed by atoms with Crippen LogP contribution in [0.3, 0.4) is 0 Å². The average molecular weight is 199 g/mol. The third-order valence-corrected chi connectivity index (χ3v) is 2.44. The number of thiol groups is 1. The Labute approximate surface area is 80.6 Å². The molecule has 0 radical (unpaired) electrons. The summed E-state index contributed by atoms with van der Waals surface area (Å²) in [6.45, 7) is 1.49. The molecule has 12 heavy (non-hydrogen) atoms. The third kappa shape index (κ3) is 2.46. The quantitative estimate of drug-likeness (QED) is 0.566. The van der Waals surface area contributed by atoms with E-state index < -0.39 is 0 Å². The molecule has 1 aromatic carbocycles. The molecule has 0 atom stereocenters. The van der Waals surface area contributed by atoms with Gasteiger partial charge in [0.05, 0.1) is 5.69 Å². The predicted molar refractivity (Wildman–Crippen MR) is 55.6 cm³/mol. The summed E-state index contributed by atoms with van der Waals surface area (Å²) >= 11 is 4.07. The highest BCUT2D eigenvalue weighted by molar-refractivity contribution is 8.68. The van der Waals surface area contributed by atoms with Gasteiger partial charge in [-0.05, 0) is 12.1 Å². The molecule has 1 rings (SSSR count). The number of amides is 1. The second-order valence-electron chi connectivity index (χ2n) is 2.27. The summed E-state index contributed by atoms with van der Waals surface area (Å²) in [6.07, 6.45) is 0. The number of anilines is 1. The van der Waals surface area contributed by atoms with E-state index in [0.717, 1.165) is 10.6 Å². The lowest BCUT2D eigenvalue weighted by atomic mass is 10.3. The summed E-state index contributed by atoms with van der Waals surface area (Å²) in [6, 6.07) is 7.53. The van der Waals surface area contributed by atoms with Crippen molar-refractivity contribution in [3.8, 4) is 0 Å². The van der Waals surface area contributed by atoms with Gasteiger partial charge < -0.3 is 5.32 Å². The van der Waals surface area contributed by atoms with Gasteiger partial charge >= 0.3 is 0 Å². The van der Waals surface area contributed by atoms with E-state index in [0.29, 0.717) is 0 Å². The normalized spacial score (nSPS) is 9.50. The van der Waals surface area contributed by atoms with E-state index in [-0.39, 0.29) is 5.91 Å². The molecule has 0 unspecified atom stereocenters. The number of carbonyl (C=O) groups is 1. The first kappa shape index (κ1) is 9.48. The van der Waals surface area contributed by atoms with E-state index in [1.165, 1.54) is 17.7 Å². The highest BCUT2D eigenvalue weighted by Gasteiger charge is 2.00. The van der Waals surface area contributed by atoms with Crippen molar-refractivity contribution >= 4 is 34.0 Å². The standard InChI is InChI=1S/C8H9NOS2/c1-6(10)9-7-4-2-3-5-8(7)12-11/h2-5,11H,1H3,(H,9,10). The molecule has 64 valence electrons. The summed E-state index contributed by atoms with van der Waals surface area (Å²) in [7, 11) is 1.32. The summed E-state index contributed by atoms with van der Waals surface area (Å²) < 4.78 is 0. The van der Waals surface area contributed by atoms with E-state index in [9.17, 15) is 4.79 Å². The molecule has 1 N–H and O–H groups in total. The third-order valence-electron chi connectivity index (χ3n) is 1.30. The van der Waals surface area contributed by atoms with Crippen LogP contribution in [0.5, 0.6) is 0 Å². The van der Waals surface area contributed by atoms with Gasteiger partial charge in [0.15, 0.2) is 0 Å². The number of rotatable bonds is 2. The Balaban J connectivity index is 2.89. The summed E-state index contributed by atoms with van der Waals surface area (Å²) in [5, 5.41) is 2.72. The molecule has 2 nitrogen and oxygen atoms in total. The lowest BCUT2D eigenvalue weighted by Gasteiger charge is -2.05. The molecule has 0 spiro atoms. The summed E-state index contributed by atoms with van der Waals surface area (Å²) in [4.78, 5) is 11.7. The van der Waals surface area contributed by atoms with Gasteiger partial charge in [-0.2, -0.15) is 0 Å². The minimum atomic E-state index is -0.0650. The molecule has 0 saturated heterocycles. The smallest absolute Gasteiger partial charge is 0.221 e. The molecule has 1 aromatic rings. The first-order chi connectivity index (χ1) is 5.74. The zero-order chi connectivity index (χ0) is 8.97. The molecule has 0 heterocycles. The van der Waals surface area contributed by atoms with Crippen LogP contribution in [-0.2, 0) is 4.79 Å². The van der Waals surface area contributed by atoms with Crippen LogP contribution in [0.15, 0.2) is 29.2 Å². The molecule has 0 aliphatic carbocycles. The number of hydrogen-bond donors (Lipinski definition) is 2. The van der Waals surface area contributed by atoms with Crippen LogP contribution in [0.25, 0.3) is 0 Å². The van der Waals surface area contributed by atoms with Gasteiger partial charge in [0.1, 0.15) is 0 Å². The van der Waals surface area contributed by atoms with E-state index in [1.807, 2.05) is 24.3 Å². The molecule has 1 amide bonds. The fourth-order valence-electron chi connectivity index (χ4n) is 0.839. The van der Waals surface area contributed by atoms with Crippen LogP contribution in [0, 0.1) is 0 Å². The highest BCUT2D eigenvalue weighted by atomic mass is 33.1. The van der Waals surface area contributed by atoms with Crippen molar-refractivity contribution in [1.29, 1.82) is 0 Å². The molecular formula is C8H9NOS2.